The van der Waals surface area contributed by atoms with E-state index in [1.54, 1.807) is 27.7 Å². The normalized spacial score (nSPS) is 13.0. The third-order valence-corrected chi connectivity index (χ3v) is 8.21. The van der Waals surface area contributed by atoms with Crippen molar-refractivity contribution in [1.29, 1.82) is 0 Å². The standard InChI is InChI=1S/C27H53NO7S/c1-8-9-10-11-12-13-14-15-16-17-21-34-24(29)26(2,3)27(4,5)25(30)35-22-20-28(6,7)19-18-23-36(31,32)33/h8-23H2,1-7H3/p+1. The van der Waals surface area contributed by atoms with Gasteiger partial charge in [0.2, 0.25) is 0 Å². The quantitative estimate of drug-likeness (QED) is 0.0906. The summed E-state index contributed by atoms with van der Waals surface area (Å²) in [7, 11) is -0.180. The fourth-order valence-electron chi connectivity index (χ4n) is 3.80. The molecule has 0 aliphatic rings. The maximum absolute atomic E-state index is 12.9. The molecule has 0 aromatic rings. The molecule has 0 aliphatic carbocycles. The van der Waals surface area contributed by atoms with E-state index in [0.29, 0.717) is 30.6 Å². The first-order valence-corrected chi connectivity index (χ1v) is 15.3. The Morgan fingerprint density at radius 2 is 1.11 bits per heavy atom. The first-order valence-electron chi connectivity index (χ1n) is 13.7. The van der Waals surface area contributed by atoms with E-state index < -0.39 is 32.9 Å². The molecule has 0 aliphatic heterocycles. The van der Waals surface area contributed by atoms with Crippen LogP contribution in [0.25, 0.3) is 0 Å². The first kappa shape index (κ1) is 34.8. The topological polar surface area (TPSA) is 107 Å². The molecule has 36 heavy (non-hydrogen) atoms. The molecule has 0 fully saturated rings. The van der Waals surface area contributed by atoms with Crippen LogP contribution in [0.2, 0.25) is 0 Å². The molecule has 0 aromatic heterocycles. The highest BCUT2D eigenvalue weighted by Crippen LogP contribution is 2.40. The lowest BCUT2D eigenvalue weighted by Crippen LogP contribution is -2.48. The van der Waals surface area contributed by atoms with Crippen molar-refractivity contribution < 1.29 is 36.5 Å². The van der Waals surface area contributed by atoms with Crippen LogP contribution in [-0.4, -0.2) is 75.5 Å². The van der Waals surface area contributed by atoms with Crippen molar-refractivity contribution in [3.63, 3.8) is 0 Å². The number of hydrogen-bond acceptors (Lipinski definition) is 6. The molecule has 0 atom stereocenters. The highest BCUT2D eigenvalue weighted by Gasteiger charge is 2.50. The van der Waals surface area contributed by atoms with Crippen LogP contribution in [0.5, 0.6) is 0 Å². The average Bonchev–Trinajstić information content (AvgIpc) is 2.75. The Morgan fingerprint density at radius 1 is 0.694 bits per heavy atom. The lowest BCUT2D eigenvalue weighted by molar-refractivity contribution is -0.890. The highest BCUT2D eigenvalue weighted by molar-refractivity contribution is 7.85. The molecule has 0 aromatic carbocycles. The third-order valence-electron chi connectivity index (χ3n) is 7.41. The van der Waals surface area contributed by atoms with Crippen LogP contribution in [0.3, 0.4) is 0 Å². The predicted molar refractivity (Wildman–Crippen MR) is 144 cm³/mol. The molecule has 0 amide bonds. The maximum Gasteiger partial charge on any atom is 0.312 e. The number of carbonyl (C=O) groups excluding carboxylic acids is 2. The summed E-state index contributed by atoms with van der Waals surface area (Å²) in [5.41, 5.74) is -2.13. The second kappa shape index (κ2) is 16.6. The Kier molecular flexibility index (Phi) is 16.1. The Labute approximate surface area is 220 Å². The van der Waals surface area contributed by atoms with E-state index in [4.69, 9.17) is 14.0 Å². The van der Waals surface area contributed by atoms with Crippen molar-refractivity contribution in [2.75, 3.05) is 46.2 Å². The molecule has 0 radical (unpaired) electrons. The second-order valence-electron chi connectivity index (χ2n) is 11.7. The minimum atomic E-state index is -3.98. The number of likely N-dealkylation sites (N-methyl/N-ethyl adjacent to an activating group) is 1. The van der Waals surface area contributed by atoms with E-state index in [9.17, 15) is 18.0 Å². The summed E-state index contributed by atoms with van der Waals surface area (Å²) >= 11 is 0. The SMILES string of the molecule is CCCCCCCCCCCCOC(=O)C(C)(C)C(C)(C)C(=O)OCC[N+](C)(C)CCCS(=O)(=O)O. The molecular formula is C27H54NO7S+. The fourth-order valence-corrected chi connectivity index (χ4v) is 4.29. The Bertz CT molecular complexity index is 745. The fraction of sp³-hybridized carbons (Fsp3) is 0.926. The number of carbonyl (C=O) groups is 2. The van der Waals surface area contributed by atoms with Gasteiger partial charge in [-0.3, -0.25) is 14.1 Å². The van der Waals surface area contributed by atoms with Gasteiger partial charge in [-0.25, -0.2) is 0 Å². The minimum Gasteiger partial charge on any atom is -0.465 e. The third kappa shape index (κ3) is 14.5. The lowest BCUT2D eigenvalue weighted by Gasteiger charge is -2.37. The van der Waals surface area contributed by atoms with Crippen LogP contribution in [0.4, 0.5) is 0 Å². The number of unbranched alkanes of at least 4 members (excludes halogenated alkanes) is 9. The van der Waals surface area contributed by atoms with Gasteiger partial charge in [0.15, 0.2) is 0 Å². The van der Waals surface area contributed by atoms with Crippen molar-refractivity contribution in [2.45, 2.75) is 105 Å². The van der Waals surface area contributed by atoms with E-state index in [1.165, 1.54) is 44.9 Å². The number of nitrogens with zero attached hydrogens (tertiary/aromatic N) is 1. The first-order chi connectivity index (χ1) is 16.6. The molecule has 1 N–H and O–H groups in total. The second-order valence-corrected chi connectivity index (χ2v) is 13.3. The maximum atomic E-state index is 12.9. The number of esters is 2. The molecular weight excluding hydrogens is 482 g/mol. The Hall–Kier alpha value is -1.19. The van der Waals surface area contributed by atoms with Crippen LogP contribution in [-0.2, 0) is 29.2 Å². The number of ether oxygens (including phenoxy) is 2. The summed E-state index contributed by atoms with van der Waals surface area (Å²) < 4.78 is 42.1. The van der Waals surface area contributed by atoms with Gasteiger partial charge in [-0.05, 0) is 34.1 Å². The zero-order valence-corrected chi connectivity index (χ0v) is 24.9. The van der Waals surface area contributed by atoms with Crippen LogP contribution >= 0.6 is 0 Å². The van der Waals surface area contributed by atoms with Gasteiger partial charge in [-0.1, -0.05) is 64.7 Å². The van der Waals surface area contributed by atoms with Gasteiger partial charge in [0, 0.05) is 6.42 Å². The summed E-state index contributed by atoms with van der Waals surface area (Å²) in [6.45, 7) is 10.5. The average molecular weight is 537 g/mol. The zero-order chi connectivity index (χ0) is 27.9. The number of hydrogen-bond donors (Lipinski definition) is 1. The summed E-state index contributed by atoms with van der Waals surface area (Å²) in [5, 5.41) is 0. The van der Waals surface area contributed by atoms with Crippen molar-refractivity contribution >= 4 is 22.1 Å². The molecule has 0 heterocycles. The molecule has 0 spiro atoms. The molecule has 8 nitrogen and oxygen atoms in total. The van der Waals surface area contributed by atoms with Crippen LogP contribution in [0, 0.1) is 10.8 Å². The number of rotatable bonds is 21. The molecule has 0 unspecified atom stereocenters. The van der Waals surface area contributed by atoms with Crippen molar-refractivity contribution in [3.05, 3.63) is 0 Å². The molecule has 0 bridgehead atoms. The van der Waals surface area contributed by atoms with Crippen LogP contribution < -0.4 is 0 Å². The van der Waals surface area contributed by atoms with Gasteiger partial charge in [-0.15, -0.1) is 0 Å². The summed E-state index contributed by atoms with van der Waals surface area (Å²) in [5.74, 6) is -1.17. The largest absolute Gasteiger partial charge is 0.465 e. The molecule has 0 saturated carbocycles. The van der Waals surface area contributed by atoms with E-state index in [1.807, 2.05) is 14.1 Å². The van der Waals surface area contributed by atoms with Gasteiger partial charge in [0.05, 0.1) is 43.8 Å². The Balaban J connectivity index is 4.35. The van der Waals surface area contributed by atoms with Crippen molar-refractivity contribution in [2.24, 2.45) is 10.8 Å². The number of quaternary nitrogens is 1. The van der Waals surface area contributed by atoms with E-state index in [-0.39, 0.29) is 12.4 Å². The van der Waals surface area contributed by atoms with Crippen LogP contribution in [0.15, 0.2) is 0 Å². The van der Waals surface area contributed by atoms with E-state index >= 15 is 0 Å². The predicted octanol–water partition coefficient (Wildman–Crippen LogP) is 5.40. The van der Waals surface area contributed by atoms with Gasteiger partial charge in [0.1, 0.15) is 13.2 Å². The zero-order valence-electron chi connectivity index (χ0n) is 24.1. The van der Waals surface area contributed by atoms with Gasteiger partial charge in [0.25, 0.3) is 10.1 Å². The molecule has 9 heteroatoms. The highest BCUT2D eigenvalue weighted by atomic mass is 32.2. The smallest absolute Gasteiger partial charge is 0.312 e. The van der Waals surface area contributed by atoms with E-state index in [0.717, 1.165) is 19.3 Å². The van der Waals surface area contributed by atoms with E-state index in [2.05, 4.69) is 6.92 Å². The molecule has 0 saturated heterocycles. The summed E-state index contributed by atoms with van der Waals surface area (Å²) in [6, 6.07) is 0. The van der Waals surface area contributed by atoms with Crippen molar-refractivity contribution in [1.82, 2.24) is 0 Å². The van der Waals surface area contributed by atoms with Gasteiger partial charge < -0.3 is 14.0 Å². The summed E-state index contributed by atoms with van der Waals surface area (Å²) in [4.78, 5) is 25.7. The molecule has 0 rings (SSSR count). The monoisotopic (exact) mass is 536 g/mol. The van der Waals surface area contributed by atoms with Crippen LogP contribution in [0.1, 0.15) is 105 Å². The lowest BCUT2D eigenvalue weighted by atomic mass is 9.68. The van der Waals surface area contributed by atoms with Gasteiger partial charge in [-0.2, -0.15) is 8.42 Å². The molecule has 214 valence electrons. The van der Waals surface area contributed by atoms with Gasteiger partial charge >= 0.3 is 11.9 Å². The van der Waals surface area contributed by atoms with Crippen molar-refractivity contribution in [3.8, 4) is 0 Å². The summed E-state index contributed by atoms with van der Waals surface area (Å²) in [6.07, 6.45) is 12.4. The minimum absolute atomic E-state index is 0.144. The Morgan fingerprint density at radius 3 is 1.56 bits per heavy atom.